The summed E-state index contributed by atoms with van der Waals surface area (Å²) in [5, 5.41) is 19.4. The van der Waals surface area contributed by atoms with Crippen molar-refractivity contribution in [2.24, 2.45) is 0 Å². The van der Waals surface area contributed by atoms with Crippen molar-refractivity contribution in [1.82, 2.24) is 0 Å². The molecule has 0 saturated heterocycles. The van der Waals surface area contributed by atoms with Crippen molar-refractivity contribution in [3.8, 4) is 11.5 Å². The van der Waals surface area contributed by atoms with Gasteiger partial charge in [-0.25, -0.2) is 0 Å². The first-order chi connectivity index (χ1) is 10.3. The molecule has 1 rings (SSSR count). The van der Waals surface area contributed by atoms with Crippen molar-refractivity contribution in [2.45, 2.75) is 84.0 Å². The Morgan fingerprint density at radius 2 is 1.10 bits per heavy atom. The number of phenols is 2. The Morgan fingerprint density at radius 3 is 1.57 bits per heavy atom. The zero-order valence-corrected chi connectivity index (χ0v) is 13.6. The van der Waals surface area contributed by atoms with Crippen LogP contribution in [0, 0.1) is 0 Å². The summed E-state index contributed by atoms with van der Waals surface area (Å²) in [6.07, 6.45) is 15.2. The van der Waals surface area contributed by atoms with Gasteiger partial charge in [-0.1, -0.05) is 77.2 Å². The van der Waals surface area contributed by atoms with Gasteiger partial charge in [0.1, 0.15) is 11.5 Å². The highest BCUT2D eigenvalue weighted by Gasteiger charge is 2.05. The fourth-order valence-electron chi connectivity index (χ4n) is 2.78. The maximum Gasteiger partial charge on any atom is 0.122 e. The third-order valence-electron chi connectivity index (χ3n) is 4.16. The molecule has 0 aromatic heterocycles. The van der Waals surface area contributed by atoms with Crippen LogP contribution in [0.15, 0.2) is 18.2 Å². The molecule has 0 atom stereocenters. The number of hydrogen-bond acceptors (Lipinski definition) is 2. The van der Waals surface area contributed by atoms with E-state index in [1.165, 1.54) is 64.2 Å². The summed E-state index contributed by atoms with van der Waals surface area (Å²) in [5.41, 5.74) is 0.702. The molecule has 0 aliphatic rings. The predicted octanol–water partition coefficient (Wildman–Crippen LogP) is 5.95. The Bertz CT molecular complexity index is 354. The van der Waals surface area contributed by atoms with Crippen LogP contribution in [0.25, 0.3) is 0 Å². The number of hydrogen-bond donors (Lipinski definition) is 2. The van der Waals surface area contributed by atoms with Crippen LogP contribution in [0.2, 0.25) is 0 Å². The molecule has 1 aromatic rings. The highest BCUT2D eigenvalue weighted by atomic mass is 16.3. The van der Waals surface area contributed by atoms with E-state index in [0.29, 0.717) is 5.56 Å². The molecule has 0 radical (unpaired) electrons. The van der Waals surface area contributed by atoms with Crippen LogP contribution in [0.4, 0.5) is 0 Å². The van der Waals surface area contributed by atoms with Crippen LogP contribution in [0.5, 0.6) is 11.5 Å². The van der Waals surface area contributed by atoms with Gasteiger partial charge in [0.25, 0.3) is 0 Å². The number of rotatable bonds is 12. The molecule has 0 unspecified atom stereocenters. The van der Waals surface area contributed by atoms with E-state index in [1.807, 2.05) is 0 Å². The Hall–Kier alpha value is -1.18. The molecule has 21 heavy (non-hydrogen) atoms. The lowest BCUT2D eigenvalue weighted by Crippen LogP contribution is -1.88. The molecule has 0 amide bonds. The van der Waals surface area contributed by atoms with Crippen LogP contribution in [0.3, 0.4) is 0 Å². The third-order valence-corrected chi connectivity index (χ3v) is 4.16. The Kier molecular flexibility index (Phi) is 9.77. The van der Waals surface area contributed by atoms with Gasteiger partial charge in [-0.05, 0) is 25.0 Å². The van der Waals surface area contributed by atoms with Gasteiger partial charge in [-0.15, -0.1) is 0 Å². The minimum absolute atomic E-state index is 0.224. The van der Waals surface area contributed by atoms with E-state index in [-0.39, 0.29) is 11.5 Å². The summed E-state index contributed by atoms with van der Waals surface area (Å²) >= 11 is 0. The van der Waals surface area contributed by atoms with E-state index in [9.17, 15) is 10.2 Å². The number of benzene rings is 1. The molecule has 1 aromatic carbocycles. The lowest BCUT2D eigenvalue weighted by atomic mass is 10.0. The van der Waals surface area contributed by atoms with Crippen LogP contribution >= 0.6 is 0 Å². The first-order valence-electron chi connectivity index (χ1n) is 8.75. The summed E-state index contributed by atoms with van der Waals surface area (Å²) in [4.78, 5) is 0. The molecule has 120 valence electrons. The van der Waals surface area contributed by atoms with Crippen LogP contribution in [0.1, 0.15) is 83.1 Å². The third kappa shape index (κ3) is 7.99. The SMILES string of the molecule is CCCCCCCCCCCCCc1c(O)cccc1O. The molecule has 0 spiro atoms. The Labute approximate surface area is 130 Å². The minimum atomic E-state index is 0.224. The monoisotopic (exact) mass is 292 g/mol. The zero-order chi connectivity index (χ0) is 15.3. The van der Waals surface area contributed by atoms with E-state index in [4.69, 9.17) is 0 Å². The van der Waals surface area contributed by atoms with Gasteiger partial charge in [0.15, 0.2) is 0 Å². The summed E-state index contributed by atoms with van der Waals surface area (Å²) in [6, 6.07) is 4.97. The molecule has 2 N–H and O–H groups in total. The quantitative estimate of drug-likeness (QED) is 0.467. The van der Waals surface area contributed by atoms with Gasteiger partial charge in [0, 0.05) is 5.56 Å². The van der Waals surface area contributed by atoms with Crippen molar-refractivity contribution >= 4 is 0 Å². The lowest BCUT2D eigenvalue weighted by molar-refractivity contribution is 0.435. The molecule has 0 saturated carbocycles. The second kappa shape index (κ2) is 11.5. The smallest absolute Gasteiger partial charge is 0.122 e. The zero-order valence-electron chi connectivity index (χ0n) is 13.6. The van der Waals surface area contributed by atoms with E-state index >= 15 is 0 Å². The Morgan fingerprint density at radius 1 is 0.667 bits per heavy atom. The first-order valence-corrected chi connectivity index (χ1v) is 8.75. The fraction of sp³-hybridized carbons (Fsp3) is 0.684. The molecular weight excluding hydrogens is 260 g/mol. The average molecular weight is 292 g/mol. The second-order valence-corrected chi connectivity index (χ2v) is 6.06. The fourth-order valence-corrected chi connectivity index (χ4v) is 2.78. The summed E-state index contributed by atoms with van der Waals surface area (Å²) in [7, 11) is 0. The normalized spacial score (nSPS) is 10.9. The molecule has 2 nitrogen and oxygen atoms in total. The van der Waals surface area contributed by atoms with Crippen LogP contribution in [-0.4, -0.2) is 10.2 Å². The summed E-state index contributed by atoms with van der Waals surface area (Å²) in [5.74, 6) is 0.448. The van der Waals surface area contributed by atoms with Gasteiger partial charge >= 0.3 is 0 Å². The molecule has 0 aliphatic carbocycles. The van der Waals surface area contributed by atoms with Crippen LogP contribution in [-0.2, 0) is 6.42 Å². The molecule has 2 heteroatoms. The van der Waals surface area contributed by atoms with E-state index < -0.39 is 0 Å². The predicted molar refractivity (Wildman–Crippen MR) is 89.9 cm³/mol. The molecule has 0 aliphatic heterocycles. The lowest BCUT2D eigenvalue weighted by Gasteiger charge is -2.07. The Balaban J connectivity index is 1.95. The van der Waals surface area contributed by atoms with Crippen molar-refractivity contribution < 1.29 is 10.2 Å². The first kappa shape index (κ1) is 17.9. The molecule has 0 fully saturated rings. The second-order valence-electron chi connectivity index (χ2n) is 6.06. The van der Waals surface area contributed by atoms with Crippen molar-refractivity contribution in [3.05, 3.63) is 23.8 Å². The molecule has 0 bridgehead atoms. The van der Waals surface area contributed by atoms with Crippen LogP contribution < -0.4 is 0 Å². The summed E-state index contributed by atoms with van der Waals surface area (Å²) in [6.45, 7) is 2.26. The van der Waals surface area contributed by atoms with E-state index in [0.717, 1.165) is 12.8 Å². The van der Waals surface area contributed by atoms with Crippen molar-refractivity contribution in [2.75, 3.05) is 0 Å². The summed E-state index contributed by atoms with van der Waals surface area (Å²) < 4.78 is 0. The maximum absolute atomic E-state index is 9.69. The van der Waals surface area contributed by atoms with Gasteiger partial charge in [0.2, 0.25) is 0 Å². The maximum atomic E-state index is 9.69. The highest BCUT2D eigenvalue weighted by molar-refractivity contribution is 5.42. The van der Waals surface area contributed by atoms with E-state index in [1.54, 1.807) is 18.2 Å². The van der Waals surface area contributed by atoms with Gasteiger partial charge < -0.3 is 10.2 Å². The standard InChI is InChI=1S/C19H32O2/c1-2-3-4-5-6-7-8-9-10-11-12-14-17-18(20)15-13-16-19(17)21/h13,15-16,20-21H,2-12,14H2,1H3. The number of unbranched alkanes of at least 4 members (excludes halogenated alkanes) is 10. The number of aromatic hydroxyl groups is 2. The van der Waals surface area contributed by atoms with Gasteiger partial charge in [0.05, 0.1) is 0 Å². The van der Waals surface area contributed by atoms with Crippen molar-refractivity contribution in [3.63, 3.8) is 0 Å². The van der Waals surface area contributed by atoms with E-state index in [2.05, 4.69) is 6.92 Å². The molecular formula is C19H32O2. The highest BCUT2D eigenvalue weighted by Crippen LogP contribution is 2.28. The minimum Gasteiger partial charge on any atom is -0.508 e. The topological polar surface area (TPSA) is 40.5 Å². The number of phenolic OH excluding ortho intramolecular Hbond substituents is 2. The van der Waals surface area contributed by atoms with Crippen molar-refractivity contribution in [1.29, 1.82) is 0 Å². The largest absolute Gasteiger partial charge is 0.508 e. The molecule has 0 heterocycles. The van der Waals surface area contributed by atoms with Gasteiger partial charge in [-0.3, -0.25) is 0 Å². The van der Waals surface area contributed by atoms with Gasteiger partial charge in [-0.2, -0.15) is 0 Å². The average Bonchev–Trinajstić information content (AvgIpc) is 2.47.